The van der Waals surface area contributed by atoms with Crippen LogP contribution in [0.2, 0.25) is 0 Å². The van der Waals surface area contributed by atoms with Gasteiger partial charge >= 0.3 is 0 Å². The highest BCUT2D eigenvalue weighted by atomic mass is 16.5. The Morgan fingerprint density at radius 1 is 1.16 bits per heavy atom. The zero-order valence-corrected chi connectivity index (χ0v) is 22.6. The minimum absolute atomic E-state index is 0.0468. The second-order valence-corrected chi connectivity index (χ2v) is 10.2. The van der Waals surface area contributed by atoms with Crippen LogP contribution in [0, 0.1) is 5.92 Å². The summed E-state index contributed by atoms with van der Waals surface area (Å²) in [6, 6.07) is 17.6. The molecule has 1 amide bonds. The number of rotatable bonds is 8. The molecule has 1 N–H and O–H groups in total. The number of fused-ring (bicyclic) bond motifs is 1. The van der Waals surface area contributed by atoms with Gasteiger partial charge in [-0.3, -0.25) is 9.69 Å². The van der Waals surface area contributed by atoms with Crippen molar-refractivity contribution in [3.63, 3.8) is 0 Å². The van der Waals surface area contributed by atoms with Crippen LogP contribution >= 0.6 is 0 Å². The molecule has 2 heterocycles. The molecule has 0 bridgehead atoms. The van der Waals surface area contributed by atoms with Gasteiger partial charge in [-0.1, -0.05) is 42.5 Å². The van der Waals surface area contributed by atoms with Crippen LogP contribution in [0.4, 0.5) is 0 Å². The van der Waals surface area contributed by atoms with E-state index in [1.807, 2.05) is 54.1 Å². The minimum atomic E-state index is -0.246. The minimum Gasteiger partial charge on any atom is -0.457 e. The highest BCUT2D eigenvalue weighted by Gasteiger charge is 2.28. The maximum atomic E-state index is 13.0. The Bertz CT molecular complexity index is 1140. The van der Waals surface area contributed by atoms with Crippen molar-refractivity contribution >= 4 is 5.91 Å². The number of hydrogen-bond donors (Lipinski definition) is 1. The zero-order chi connectivity index (χ0) is 26.9. The Kier molecular flexibility index (Phi) is 9.86. The normalized spacial score (nSPS) is 19.9. The molecule has 3 atom stereocenters. The molecule has 38 heavy (non-hydrogen) atoms. The van der Waals surface area contributed by atoms with Crippen molar-refractivity contribution < 1.29 is 19.4 Å². The molecule has 0 unspecified atom stereocenters. The molecule has 204 valence electrons. The largest absolute Gasteiger partial charge is 0.457 e. The summed E-state index contributed by atoms with van der Waals surface area (Å²) in [7, 11) is 2.08. The molecule has 1 aromatic heterocycles. The Balaban J connectivity index is 1.43. The lowest BCUT2D eigenvalue weighted by molar-refractivity contribution is -0.136. The molecule has 9 heteroatoms. The van der Waals surface area contributed by atoms with E-state index in [0.717, 1.165) is 23.7 Å². The van der Waals surface area contributed by atoms with Gasteiger partial charge in [-0.2, -0.15) is 0 Å². The number of benzene rings is 2. The van der Waals surface area contributed by atoms with Gasteiger partial charge in [0.05, 0.1) is 37.3 Å². The number of likely N-dealkylation sites (N-methyl/N-ethyl adjacent to an activating group) is 1. The molecular weight excluding hydrogens is 482 g/mol. The maximum Gasteiger partial charge on any atom is 0.222 e. The first-order valence-corrected chi connectivity index (χ1v) is 13.3. The lowest BCUT2D eigenvalue weighted by Gasteiger charge is -2.35. The van der Waals surface area contributed by atoms with Crippen LogP contribution in [0.5, 0.6) is 11.5 Å². The summed E-state index contributed by atoms with van der Waals surface area (Å²) in [6.45, 7) is 6.90. The molecule has 0 saturated carbocycles. The van der Waals surface area contributed by atoms with E-state index < -0.39 is 0 Å². The third-order valence-electron chi connectivity index (χ3n) is 6.99. The fourth-order valence-corrected chi connectivity index (χ4v) is 4.72. The summed E-state index contributed by atoms with van der Waals surface area (Å²) >= 11 is 0. The standard InChI is InChI=1S/C29H39N5O4/c1-22-17-33(23(2)20-35)29(36)10-7-15-34-25(16-30-31-34)21-37-28(22)19-32(3)18-24-11-13-27(14-12-24)38-26-8-5-4-6-9-26/h4-6,8-9,11-14,16,22-23,28,35H,7,10,15,17-21H2,1-3H3/t22-,23+,28+/m1/s1. The first-order valence-electron chi connectivity index (χ1n) is 13.3. The van der Waals surface area contributed by atoms with Crippen molar-refractivity contribution in [2.75, 3.05) is 26.7 Å². The highest BCUT2D eigenvalue weighted by molar-refractivity contribution is 5.76. The Morgan fingerprint density at radius 3 is 2.63 bits per heavy atom. The smallest absolute Gasteiger partial charge is 0.222 e. The van der Waals surface area contributed by atoms with E-state index >= 15 is 0 Å². The summed E-state index contributed by atoms with van der Waals surface area (Å²) in [6.07, 6.45) is 2.67. The van der Waals surface area contributed by atoms with Crippen LogP contribution in [-0.2, 0) is 29.2 Å². The van der Waals surface area contributed by atoms with Gasteiger partial charge in [0.1, 0.15) is 11.5 Å². The van der Waals surface area contributed by atoms with E-state index in [2.05, 4.69) is 41.3 Å². The lowest BCUT2D eigenvalue weighted by atomic mass is 10.0. The summed E-state index contributed by atoms with van der Waals surface area (Å²) in [5.41, 5.74) is 2.08. The summed E-state index contributed by atoms with van der Waals surface area (Å²) in [4.78, 5) is 17.1. The van der Waals surface area contributed by atoms with Gasteiger partial charge < -0.3 is 19.5 Å². The number of ether oxygens (including phenoxy) is 2. The first kappa shape index (κ1) is 27.8. The van der Waals surface area contributed by atoms with Crippen molar-refractivity contribution in [2.24, 2.45) is 5.92 Å². The lowest BCUT2D eigenvalue weighted by Crippen LogP contribution is -2.47. The Morgan fingerprint density at radius 2 is 1.89 bits per heavy atom. The van der Waals surface area contributed by atoms with Gasteiger partial charge in [0.25, 0.3) is 0 Å². The fourth-order valence-electron chi connectivity index (χ4n) is 4.72. The molecule has 1 aliphatic rings. The van der Waals surface area contributed by atoms with Gasteiger partial charge in [0.2, 0.25) is 5.91 Å². The van der Waals surface area contributed by atoms with Crippen molar-refractivity contribution in [1.29, 1.82) is 0 Å². The number of nitrogens with zero attached hydrogens (tertiary/aromatic N) is 5. The van der Waals surface area contributed by atoms with Gasteiger partial charge in [-0.25, -0.2) is 4.68 Å². The molecule has 4 rings (SSSR count). The van der Waals surface area contributed by atoms with Crippen LogP contribution in [0.1, 0.15) is 37.9 Å². The number of hydrogen-bond acceptors (Lipinski definition) is 7. The van der Waals surface area contributed by atoms with Crippen LogP contribution in [0.15, 0.2) is 60.8 Å². The number of aliphatic hydroxyl groups is 1. The van der Waals surface area contributed by atoms with Gasteiger partial charge in [-0.15, -0.1) is 5.10 Å². The molecule has 0 aliphatic carbocycles. The van der Waals surface area contributed by atoms with Crippen molar-refractivity contribution in [3.8, 4) is 11.5 Å². The number of carbonyl (C=O) groups is 1. The summed E-state index contributed by atoms with van der Waals surface area (Å²) < 4.78 is 14.2. The van der Waals surface area contributed by atoms with E-state index in [-0.39, 0.29) is 30.6 Å². The van der Waals surface area contributed by atoms with Crippen molar-refractivity contribution in [1.82, 2.24) is 24.8 Å². The number of aryl methyl sites for hydroxylation is 1. The second kappa shape index (κ2) is 13.5. The van der Waals surface area contributed by atoms with Gasteiger partial charge in [0.15, 0.2) is 0 Å². The molecule has 2 aromatic carbocycles. The Labute approximate surface area is 225 Å². The monoisotopic (exact) mass is 521 g/mol. The van der Waals surface area contributed by atoms with Crippen molar-refractivity contribution in [2.45, 2.75) is 58.5 Å². The fraction of sp³-hybridized carbons (Fsp3) is 0.483. The van der Waals surface area contributed by atoms with E-state index in [1.54, 1.807) is 11.1 Å². The quantitative estimate of drug-likeness (QED) is 0.483. The number of carbonyl (C=O) groups excluding carboxylic acids is 1. The van der Waals surface area contributed by atoms with Crippen LogP contribution in [-0.4, -0.2) is 74.7 Å². The molecule has 0 saturated heterocycles. The molecule has 0 spiro atoms. The van der Waals surface area contributed by atoms with E-state index in [1.165, 1.54) is 5.56 Å². The van der Waals surface area contributed by atoms with Crippen LogP contribution in [0.3, 0.4) is 0 Å². The topological polar surface area (TPSA) is 93.0 Å². The summed E-state index contributed by atoms with van der Waals surface area (Å²) in [5.74, 6) is 1.71. The van der Waals surface area contributed by atoms with Gasteiger partial charge in [0, 0.05) is 38.5 Å². The molecule has 9 nitrogen and oxygen atoms in total. The summed E-state index contributed by atoms with van der Waals surface area (Å²) in [5, 5.41) is 18.0. The van der Waals surface area contributed by atoms with E-state index in [0.29, 0.717) is 39.1 Å². The number of amides is 1. The number of aromatic nitrogens is 3. The molecule has 3 aromatic rings. The van der Waals surface area contributed by atoms with Crippen LogP contribution in [0.25, 0.3) is 0 Å². The second-order valence-electron chi connectivity index (χ2n) is 10.2. The van der Waals surface area contributed by atoms with Crippen LogP contribution < -0.4 is 4.74 Å². The predicted octanol–water partition coefficient (Wildman–Crippen LogP) is 3.73. The predicted molar refractivity (Wildman–Crippen MR) is 145 cm³/mol. The third-order valence-corrected chi connectivity index (χ3v) is 6.99. The molecule has 0 fully saturated rings. The SMILES string of the molecule is C[C@@H]1CN([C@@H](C)CO)C(=O)CCCn2nncc2CO[C@H]1CN(C)Cc1ccc(Oc2ccccc2)cc1. The molecular formula is C29H39N5O4. The average Bonchev–Trinajstić information content (AvgIpc) is 3.37. The van der Waals surface area contributed by atoms with Gasteiger partial charge in [-0.05, 0) is 50.2 Å². The number of para-hydroxylation sites is 1. The molecule has 1 aliphatic heterocycles. The van der Waals surface area contributed by atoms with E-state index in [9.17, 15) is 9.90 Å². The third kappa shape index (κ3) is 7.63. The maximum absolute atomic E-state index is 13.0. The zero-order valence-electron chi connectivity index (χ0n) is 22.6. The van der Waals surface area contributed by atoms with E-state index in [4.69, 9.17) is 9.47 Å². The average molecular weight is 522 g/mol. The Hall–Kier alpha value is -3.27. The highest BCUT2D eigenvalue weighted by Crippen LogP contribution is 2.22. The number of aliphatic hydroxyl groups excluding tert-OH is 1. The molecule has 0 radical (unpaired) electrons. The first-order chi connectivity index (χ1) is 18.4. The van der Waals surface area contributed by atoms with Crippen molar-refractivity contribution in [3.05, 3.63) is 72.1 Å².